The van der Waals surface area contributed by atoms with Crippen LogP contribution in [-0.2, 0) is 17.9 Å². The van der Waals surface area contributed by atoms with E-state index in [9.17, 15) is 0 Å². The van der Waals surface area contributed by atoms with Gasteiger partial charge in [-0.1, -0.05) is 6.07 Å². The lowest BCUT2D eigenvalue weighted by atomic mass is 10.1. The number of aromatic amines is 1. The molecule has 5 nitrogen and oxygen atoms in total. The van der Waals surface area contributed by atoms with E-state index >= 15 is 0 Å². The van der Waals surface area contributed by atoms with Crippen molar-refractivity contribution in [2.45, 2.75) is 20.1 Å². The second-order valence-electron chi connectivity index (χ2n) is 4.84. The summed E-state index contributed by atoms with van der Waals surface area (Å²) in [5.41, 5.74) is 4.43. The van der Waals surface area contributed by atoms with Crippen LogP contribution in [0.1, 0.15) is 11.5 Å². The van der Waals surface area contributed by atoms with Crippen molar-refractivity contribution in [3.8, 4) is 11.3 Å². The van der Waals surface area contributed by atoms with Crippen LogP contribution in [0.4, 0.5) is 0 Å². The first kappa shape index (κ1) is 10.8. The van der Waals surface area contributed by atoms with Gasteiger partial charge in [0.1, 0.15) is 12.4 Å². The van der Waals surface area contributed by atoms with Gasteiger partial charge in [-0.15, -0.1) is 0 Å². The maximum Gasteiger partial charge on any atom is 0.135 e. The van der Waals surface area contributed by atoms with E-state index in [1.54, 1.807) is 0 Å². The third-order valence-electron chi connectivity index (χ3n) is 3.67. The zero-order chi connectivity index (χ0) is 12.8. The maximum absolute atomic E-state index is 5.42. The van der Waals surface area contributed by atoms with Gasteiger partial charge in [-0.2, -0.15) is 5.10 Å². The second kappa shape index (κ2) is 3.93. The lowest BCUT2D eigenvalue weighted by molar-refractivity contribution is 0.0821. The Morgan fingerprint density at radius 1 is 1.37 bits per heavy atom. The molecule has 0 amide bonds. The zero-order valence-corrected chi connectivity index (χ0v) is 10.7. The summed E-state index contributed by atoms with van der Waals surface area (Å²) < 4.78 is 7.66. The third kappa shape index (κ3) is 1.58. The molecule has 4 rings (SSSR count). The van der Waals surface area contributed by atoms with Crippen LogP contribution in [0, 0.1) is 6.92 Å². The van der Waals surface area contributed by atoms with Crippen LogP contribution in [0.3, 0.4) is 0 Å². The SMILES string of the molecule is Cc1[nH]nc2ccc(-c3cnc4n3CCOC4)cc12. The first-order chi connectivity index (χ1) is 9.33. The predicted molar refractivity (Wildman–Crippen MR) is 71.7 cm³/mol. The molecule has 0 saturated heterocycles. The van der Waals surface area contributed by atoms with Gasteiger partial charge in [0.2, 0.25) is 0 Å². The standard InChI is InChI=1S/C14H14N4O/c1-9-11-6-10(2-3-12(11)17-16-9)13-7-15-14-8-19-5-4-18(13)14/h2-3,6-7H,4-5,8H2,1H3,(H,16,17). The van der Waals surface area contributed by atoms with Crippen LogP contribution in [0.5, 0.6) is 0 Å². The number of hydrogen-bond acceptors (Lipinski definition) is 3. The molecule has 5 heteroatoms. The summed E-state index contributed by atoms with van der Waals surface area (Å²) >= 11 is 0. The molecule has 0 spiro atoms. The fourth-order valence-electron chi connectivity index (χ4n) is 2.63. The molecule has 1 N–H and O–H groups in total. The van der Waals surface area contributed by atoms with E-state index in [2.05, 4.69) is 31.9 Å². The lowest BCUT2D eigenvalue weighted by Gasteiger charge is -2.17. The number of H-pyrrole nitrogens is 1. The average Bonchev–Trinajstić information content (AvgIpc) is 3.03. The summed E-state index contributed by atoms with van der Waals surface area (Å²) in [5.74, 6) is 1.00. The number of rotatable bonds is 1. The highest BCUT2D eigenvalue weighted by Crippen LogP contribution is 2.27. The van der Waals surface area contributed by atoms with E-state index in [0.717, 1.165) is 35.9 Å². The van der Waals surface area contributed by atoms with Crippen LogP contribution < -0.4 is 0 Å². The Morgan fingerprint density at radius 2 is 2.32 bits per heavy atom. The molecule has 0 fully saturated rings. The van der Waals surface area contributed by atoms with Crippen LogP contribution >= 0.6 is 0 Å². The van der Waals surface area contributed by atoms with Gasteiger partial charge in [-0.25, -0.2) is 4.98 Å². The number of aromatic nitrogens is 4. The average molecular weight is 254 g/mol. The number of imidazole rings is 1. The maximum atomic E-state index is 5.42. The van der Waals surface area contributed by atoms with Gasteiger partial charge in [0, 0.05) is 23.2 Å². The monoisotopic (exact) mass is 254 g/mol. The molecule has 0 saturated carbocycles. The minimum atomic E-state index is 0.604. The Hall–Kier alpha value is -2.14. The topological polar surface area (TPSA) is 55.7 Å². The van der Waals surface area contributed by atoms with Gasteiger partial charge >= 0.3 is 0 Å². The van der Waals surface area contributed by atoms with Gasteiger partial charge in [-0.05, 0) is 19.1 Å². The lowest BCUT2D eigenvalue weighted by Crippen LogP contribution is -2.17. The molecule has 3 heterocycles. The van der Waals surface area contributed by atoms with E-state index in [1.165, 1.54) is 10.9 Å². The quantitative estimate of drug-likeness (QED) is 0.724. The molecule has 3 aromatic rings. The molecular formula is C14H14N4O. The van der Waals surface area contributed by atoms with Crippen molar-refractivity contribution in [3.63, 3.8) is 0 Å². The van der Waals surface area contributed by atoms with Crippen molar-refractivity contribution in [2.24, 2.45) is 0 Å². The summed E-state index contributed by atoms with van der Waals surface area (Å²) in [7, 11) is 0. The zero-order valence-electron chi connectivity index (χ0n) is 10.7. The minimum Gasteiger partial charge on any atom is -0.372 e. The summed E-state index contributed by atoms with van der Waals surface area (Å²) in [4.78, 5) is 4.44. The Kier molecular flexibility index (Phi) is 2.22. The Bertz CT molecular complexity index is 756. The van der Waals surface area contributed by atoms with E-state index in [-0.39, 0.29) is 0 Å². The molecule has 0 bridgehead atoms. The Balaban J connectivity index is 1.89. The smallest absolute Gasteiger partial charge is 0.135 e. The Labute approximate surface area is 110 Å². The van der Waals surface area contributed by atoms with Crippen molar-refractivity contribution in [3.05, 3.63) is 35.9 Å². The summed E-state index contributed by atoms with van der Waals surface area (Å²) in [6.45, 7) is 4.27. The largest absolute Gasteiger partial charge is 0.372 e. The minimum absolute atomic E-state index is 0.604. The van der Waals surface area contributed by atoms with Crippen molar-refractivity contribution in [1.29, 1.82) is 0 Å². The normalized spacial score (nSPS) is 14.8. The molecule has 1 aliphatic heterocycles. The predicted octanol–water partition coefficient (Wildman–Crippen LogP) is 2.27. The number of ether oxygens (including phenoxy) is 1. The summed E-state index contributed by atoms with van der Waals surface area (Å²) in [6, 6.07) is 6.32. The summed E-state index contributed by atoms with van der Waals surface area (Å²) in [5, 5.41) is 8.45. The van der Waals surface area contributed by atoms with Crippen LogP contribution in [0.15, 0.2) is 24.4 Å². The molecule has 0 atom stereocenters. The highest BCUT2D eigenvalue weighted by molar-refractivity contribution is 5.85. The van der Waals surface area contributed by atoms with Crippen molar-refractivity contribution >= 4 is 10.9 Å². The number of aryl methyl sites for hydroxylation is 1. The molecule has 1 aromatic carbocycles. The molecule has 19 heavy (non-hydrogen) atoms. The fraction of sp³-hybridized carbons (Fsp3) is 0.286. The molecule has 2 aromatic heterocycles. The van der Waals surface area contributed by atoms with Crippen LogP contribution in [0.2, 0.25) is 0 Å². The van der Waals surface area contributed by atoms with Crippen molar-refractivity contribution in [2.75, 3.05) is 6.61 Å². The molecule has 0 unspecified atom stereocenters. The van der Waals surface area contributed by atoms with Gasteiger partial charge in [0.25, 0.3) is 0 Å². The van der Waals surface area contributed by atoms with Crippen LogP contribution in [-0.4, -0.2) is 26.4 Å². The van der Waals surface area contributed by atoms with E-state index < -0.39 is 0 Å². The molecule has 0 radical (unpaired) electrons. The number of nitrogens with one attached hydrogen (secondary N) is 1. The number of fused-ring (bicyclic) bond motifs is 2. The van der Waals surface area contributed by atoms with Crippen LogP contribution in [0.25, 0.3) is 22.2 Å². The Morgan fingerprint density at radius 3 is 3.26 bits per heavy atom. The second-order valence-corrected chi connectivity index (χ2v) is 4.84. The number of nitrogens with zero attached hydrogens (tertiary/aromatic N) is 3. The van der Waals surface area contributed by atoms with E-state index in [1.807, 2.05) is 19.2 Å². The summed E-state index contributed by atoms with van der Waals surface area (Å²) in [6.07, 6.45) is 1.93. The fourth-order valence-corrected chi connectivity index (χ4v) is 2.63. The third-order valence-corrected chi connectivity index (χ3v) is 3.67. The first-order valence-corrected chi connectivity index (χ1v) is 6.40. The number of hydrogen-bond donors (Lipinski definition) is 1. The molecule has 1 aliphatic rings. The molecule has 0 aliphatic carbocycles. The van der Waals surface area contributed by atoms with Gasteiger partial charge in [0.05, 0.1) is 24.0 Å². The van der Waals surface area contributed by atoms with E-state index in [0.29, 0.717) is 6.61 Å². The van der Waals surface area contributed by atoms with Gasteiger partial charge in [0.15, 0.2) is 0 Å². The molecule has 96 valence electrons. The number of benzene rings is 1. The van der Waals surface area contributed by atoms with E-state index in [4.69, 9.17) is 4.74 Å². The highest BCUT2D eigenvalue weighted by Gasteiger charge is 2.16. The highest BCUT2D eigenvalue weighted by atomic mass is 16.5. The molecular weight excluding hydrogens is 240 g/mol. The van der Waals surface area contributed by atoms with Gasteiger partial charge < -0.3 is 9.30 Å². The van der Waals surface area contributed by atoms with Crippen molar-refractivity contribution < 1.29 is 4.74 Å². The van der Waals surface area contributed by atoms with Gasteiger partial charge in [-0.3, -0.25) is 5.10 Å². The van der Waals surface area contributed by atoms with Crippen molar-refractivity contribution in [1.82, 2.24) is 19.7 Å². The first-order valence-electron chi connectivity index (χ1n) is 6.40.